The van der Waals surface area contributed by atoms with Gasteiger partial charge < -0.3 is 14.4 Å². The van der Waals surface area contributed by atoms with Gasteiger partial charge in [-0.05, 0) is 48.6 Å². The molecule has 4 heteroatoms. The number of para-hydroxylation sites is 1. The molecule has 0 aliphatic carbocycles. The SMILES string of the molecule is COc1ccc(C(=O)N2CCCC2)cc1COc1ccccc1C(C)C. The van der Waals surface area contributed by atoms with Gasteiger partial charge in [0.25, 0.3) is 5.91 Å². The summed E-state index contributed by atoms with van der Waals surface area (Å²) in [4.78, 5) is 14.6. The van der Waals surface area contributed by atoms with E-state index in [0.717, 1.165) is 43.0 Å². The molecule has 1 amide bonds. The van der Waals surface area contributed by atoms with E-state index in [1.807, 2.05) is 41.3 Å². The average Bonchev–Trinajstić information content (AvgIpc) is 3.20. The summed E-state index contributed by atoms with van der Waals surface area (Å²) in [5, 5.41) is 0. The predicted octanol–water partition coefficient (Wildman–Crippen LogP) is 4.63. The molecule has 2 aromatic rings. The molecule has 2 aromatic carbocycles. The van der Waals surface area contributed by atoms with Gasteiger partial charge in [0.1, 0.15) is 18.1 Å². The first kappa shape index (κ1) is 18.3. The maximum absolute atomic E-state index is 12.7. The van der Waals surface area contributed by atoms with Crippen LogP contribution in [0.15, 0.2) is 42.5 Å². The normalized spacial score (nSPS) is 13.9. The van der Waals surface area contributed by atoms with Crippen LogP contribution in [0, 0.1) is 0 Å². The summed E-state index contributed by atoms with van der Waals surface area (Å²) < 4.78 is 11.5. The van der Waals surface area contributed by atoms with Crippen LogP contribution in [0.1, 0.15) is 54.1 Å². The molecule has 1 aliphatic rings. The van der Waals surface area contributed by atoms with Crippen LogP contribution in [-0.2, 0) is 6.61 Å². The van der Waals surface area contributed by atoms with E-state index < -0.39 is 0 Å². The van der Waals surface area contributed by atoms with Crippen molar-refractivity contribution in [1.29, 1.82) is 0 Å². The smallest absolute Gasteiger partial charge is 0.253 e. The highest BCUT2D eigenvalue weighted by Crippen LogP contribution is 2.28. The van der Waals surface area contributed by atoms with E-state index in [1.165, 1.54) is 5.56 Å². The van der Waals surface area contributed by atoms with E-state index in [9.17, 15) is 4.79 Å². The Morgan fingerprint density at radius 2 is 1.81 bits per heavy atom. The van der Waals surface area contributed by atoms with Crippen LogP contribution in [0.25, 0.3) is 0 Å². The van der Waals surface area contributed by atoms with Gasteiger partial charge in [-0.1, -0.05) is 32.0 Å². The van der Waals surface area contributed by atoms with Crippen molar-refractivity contribution in [3.8, 4) is 11.5 Å². The standard InChI is InChI=1S/C22H27NO3/c1-16(2)19-8-4-5-9-21(19)26-15-18-14-17(10-11-20(18)25-3)22(24)23-12-6-7-13-23/h4-5,8-11,14,16H,6-7,12-13,15H2,1-3H3. The average molecular weight is 353 g/mol. The summed E-state index contributed by atoms with van der Waals surface area (Å²) >= 11 is 0. The van der Waals surface area contributed by atoms with Crippen LogP contribution in [-0.4, -0.2) is 31.0 Å². The Morgan fingerprint density at radius 1 is 1.08 bits per heavy atom. The third kappa shape index (κ3) is 4.01. The zero-order valence-electron chi connectivity index (χ0n) is 15.8. The number of benzene rings is 2. The summed E-state index contributed by atoms with van der Waals surface area (Å²) in [6.07, 6.45) is 2.17. The molecule has 1 aliphatic heterocycles. The third-order valence-electron chi connectivity index (χ3n) is 4.84. The monoisotopic (exact) mass is 353 g/mol. The Balaban J connectivity index is 1.80. The van der Waals surface area contributed by atoms with Gasteiger partial charge in [-0.2, -0.15) is 0 Å². The second-order valence-corrected chi connectivity index (χ2v) is 7.01. The minimum Gasteiger partial charge on any atom is -0.496 e. The number of carbonyl (C=O) groups excluding carboxylic acids is 1. The van der Waals surface area contributed by atoms with Crippen LogP contribution in [0.3, 0.4) is 0 Å². The minimum absolute atomic E-state index is 0.0917. The maximum Gasteiger partial charge on any atom is 0.253 e. The van der Waals surface area contributed by atoms with Crippen LogP contribution < -0.4 is 9.47 Å². The molecule has 0 unspecified atom stereocenters. The molecule has 0 radical (unpaired) electrons. The Bertz CT molecular complexity index is 764. The number of rotatable bonds is 6. The van der Waals surface area contributed by atoms with Gasteiger partial charge in [0.15, 0.2) is 0 Å². The molecule has 1 heterocycles. The van der Waals surface area contributed by atoms with Gasteiger partial charge in [0.2, 0.25) is 0 Å². The lowest BCUT2D eigenvalue weighted by molar-refractivity contribution is 0.0792. The number of methoxy groups -OCH3 is 1. The molecule has 1 fully saturated rings. The van der Waals surface area contributed by atoms with Crippen molar-refractivity contribution in [3.05, 3.63) is 59.2 Å². The Kier molecular flexibility index (Phi) is 5.82. The van der Waals surface area contributed by atoms with E-state index in [2.05, 4.69) is 19.9 Å². The van der Waals surface area contributed by atoms with Crippen LogP contribution in [0.2, 0.25) is 0 Å². The van der Waals surface area contributed by atoms with E-state index in [4.69, 9.17) is 9.47 Å². The van der Waals surface area contributed by atoms with E-state index in [-0.39, 0.29) is 5.91 Å². The van der Waals surface area contributed by atoms with E-state index >= 15 is 0 Å². The third-order valence-corrected chi connectivity index (χ3v) is 4.84. The molecule has 1 saturated heterocycles. The largest absolute Gasteiger partial charge is 0.496 e. The highest BCUT2D eigenvalue weighted by atomic mass is 16.5. The van der Waals surface area contributed by atoms with Crippen molar-refractivity contribution in [1.82, 2.24) is 4.90 Å². The summed E-state index contributed by atoms with van der Waals surface area (Å²) in [7, 11) is 1.64. The van der Waals surface area contributed by atoms with Crippen molar-refractivity contribution >= 4 is 5.91 Å². The van der Waals surface area contributed by atoms with Crippen molar-refractivity contribution in [3.63, 3.8) is 0 Å². The lowest BCUT2D eigenvalue weighted by atomic mass is 10.0. The summed E-state index contributed by atoms with van der Waals surface area (Å²) in [6, 6.07) is 13.7. The lowest BCUT2D eigenvalue weighted by Crippen LogP contribution is -2.27. The second-order valence-electron chi connectivity index (χ2n) is 7.01. The molecule has 0 N–H and O–H groups in total. The Morgan fingerprint density at radius 3 is 2.50 bits per heavy atom. The van der Waals surface area contributed by atoms with E-state index in [0.29, 0.717) is 18.1 Å². The first-order valence-corrected chi connectivity index (χ1v) is 9.28. The lowest BCUT2D eigenvalue weighted by Gasteiger charge is -2.18. The van der Waals surface area contributed by atoms with Crippen LogP contribution in [0.5, 0.6) is 11.5 Å². The number of nitrogens with zero attached hydrogens (tertiary/aromatic N) is 1. The number of likely N-dealkylation sites (tertiary alicyclic amines) is 1. The Hall–Kier alpha value is -2.49. The molecule has 4 nitrogen and oxygen atoms in total. The second kappa shape index (κ2) is 8.26. The van der Waals surface area contributed by atoms with E-state index in [1.54, 1.807) is 7.11 Å². The van der Waals surface area contributed by atoms with Crippen molar-refractivity contribution in [2.75, 3.05) is 20.2 Å². The highest BCUT2D eigenvalue weighted by molar-refractivity contribution is 5.94. The number of ether oxygens (including phenoxy) is 2. The molecule has 3 rings (SSSR count). The molecule has 26 heavy (non-hydrogen) atoms. The minimum atomic E-state index is 0.0917. The first-order chi connectivity index (χ1) is 12.6. The molecule has 0 spiro atoms. The zero-order chi connectivity index (χ0) is 18.5. The molecule has 0 atom stereocenters. The number of hydrogen-bond donors (Lipinski definition) is 0. The number of hydrogen-bond acceptors (Lipinski definition) is 3. The quantitative estimate of drug-likeness (QED) is 0.760. The fourth-order valence-corrected chi connectivity index (χ4v) is 3.37. The summed E-state index contributed by atoms with van der Waals surface area (Å²) in [6.45, 7) is 6.36. The van der Waals surface area contributed by atoms with Crippen molar-refractivity contribution < 1.29 is 14.3 Å². The molecular weight excluding hydrogens is 326 g/mol. The van der Waals surface area contributed by atoms with Gasteiger partial charge >= 0.3 is 0 Å². The van der Waals surface area contributed by atoms with Gasteiger partial charge in [0, 0.05) is 24.2 Å². The van der Waals surface area contributed by atoms with Gasteiger partial charge in [0.05, 0.1) is 7.11 Å². The highest BCUT2D eigenvalue weighted by Gasteiger charge is 2.20. The fourth-order valence-electron chi connectivity index (χ4n) is 3.37. The van der Waals surface area contributed by atoms with Crippen molar-refractivity contribution in [2.24, 2.45) is 0 Å². The summed E-state index contributed by atoms with van der Waals surface area (Å²) in [5.41, 5.74) is 2.76. The molecule has 0 bridgehead atoms. The molecule has 0 aromatic heterocycles. The summed E-state index contributed by atoms with van der Waals surface area (Å²) in [5.74, 6) is 2.09. The molecular formula is C22H27NO3. The first-order valence-electron chi connectivity index (χ1n) is 9.28. The number of carbonyl (C=O) groups is 1. The maximum atomic E-state index is 12.7. The van der Waals surface area contributed by atoms with Crippen LogP contribution in [0.4, 0.5) is 0 Å². The molecule has 0 saturated carbocycles. The fraction of sp³-hybridized carbons (Fsp3) is 0.409. The zero-order valence-corrected chi connectivity index (χ0v) is 15.8. The van der Waals surface area contributed by atoms with Crippen molar-refractivity contribution in [2.45, 2.75) is 39.2 Å². The molecule has 138 valence electrons. The predicted molar refractivity (Wildman–Crippen MR) is 103 cm³/mol. The van der Waals surface area contributed by atoms with Crippen LogP contribution >= 0.6 is 0 Å². The van der Waals surface area contributed by atoms with Gasteiger partial charge in [-0.25, -0.2) is 0 Å². The topological polar surface area (TPSA) is 38.8 Å². The van der Waals surface area contributed by atoms with Gasteiger partial charge in [-0.3, -0.25) is 4.79 Å². The number of amides is 1. The Labute approximate surface area is 155 Å². The van der Waals surface area contributed by atoms with Gasteiger partial charge in [-0.15, -0.1) is 0 Å².